The Morgan fingerprint density at radius 3 is 2.56 bits per heavy atom. The molecule has 0 fully saturated rings. The number of hydrogen-bond acceptors (Lipinski definition) is 2. The Morgan fingerprint density at radius 1 is 1.22 bits per heavy atom. The summed E-state index contributed by atoms with van der Waals surface area (Å²) in [7, 11) is 1.71. The fourth-order valence-electron chi connectivity index (χ4n) is 1.81. The number of methoxy groups -OCH3 is 1. The highest BCUT2D eigenvalue weighted by Gasteiger charge is 2.12. The predicted molar refractivity (Wildman–Crippen MR) is 78.7 cm³/mol. The standard InChI is InChI=1S/C14H21Cl2NO/c1-10(11(2)17-6-7-18-3)8-12-4-5-13(15)14(16)9-12/h4-5,9-11,17H,6-8H2,1-3H3. The van der Waals surface area contributed by atoms with Crippen LogP contribution in [0, 0.1) is 5.92 Å². The summed E-state index contributed by atoms with van der Waals surface area (Å²) in [6, 6.07) is 6.28. The number of rotatable bonds is 7. The molecule has 0 aliphatic heterocycles. The van der Waals surface area contributed by atoms with E-state index in [4.69, 9.17) is 27.9 Å². The van der Waals surface area contributed by atoms with Crippen LogP contribution in [0.4, 0.5) is 0 Å². The van der Waals surface area contributed by atoms with Gasteiger partial charge in [-0.05, 0) is 37.0 Å². The van der Waals surface area contributed by atoms with Gasteiger partial charge in [-0.1, -0.05) is 36.2 Å². The molecule has 0 saturated heterocycles. The van der Waals surface area contributed by atoms with Crippen LogP contribution in [0.1, 0.15) is 19.4 Å². The first kappa shape index (κ1) is 15.8. The van der Waals surface area contributed by atoms with Gasteiger partial charge in [0.05, 0.1) is 16.7 Å². The van der Waals surface area contributed by atoms with Crippen LogP contribution in [0.3, 0.4) is 0 Å². The topological polar surface area (TPSA) is 21.3 Å². The maximum Gasteiger partial charge on any atom is 0.0595 e. The van der Waals surface area contributed by atoms with E-state index < -0.39 is 0 Å². The van der Waals surface area contributed by atoms with Gasteiger partial charge in [-0.2, -0.15) is 0 Å². The van der Waals surface area contributed by atoms with Crippen molar-refractivity contribution in [3.63, 3.8) is 0 Å². The maximum atomic E-state index is 6.02. The van der Waals surface area contributed by atoms with Gasteiger partial charge in [-0.3, -0.25) is 0 Å². The highest BCUT2D eigenvalue weighted by atomic mass is 35.5. The first-order valence-electron chi connectivity index (χ1n) is 6.20. The molecular formula is C14H21Cl2NO. The van der Waals surface area contributed by atoms with Crippen molar-refractivity contribution in [3.05, 3.63) is 33.8 Å². The quantitative estimate of drug-likeness (QED) is 0.771. The van der Waals surface area contributed by atoms with E-state index in [0.29, 0.717) is 22.0 Å². The summed E-state index contributed by atoms with van der Waals surface area (Å²) in [5.41, 5.74) is 1.22. The van der Waals surface area contributed by atoms with E-state index in [1.54, 1.807) is 7.11 Å². The molecule has 0 aliphatic rings. The summed E-state index contributed by atoms with van der Waals surface area (Å²) in [5.74, 6) is 0.527. The molecular weight excluding hydrogens is 269 g/mol. The summed E-state index contributed by atoms with van der Waals surface area (Å²) in [6.07, 6.45) is 0.984. The van der Waals surface area contributed by atoms with E-state index in [2.05, 4.69) is 19.2 Å². The number of halogens is 2. The average Bonchev–Trinajstić information content (AvgIpc) is 2.34. The van der Waals surface area contributed by atoms with E-state index in [9.17, 15) is 0 Å². The summed E-state index contributed by atoms with van der Waals surface area (Å²) >= 11 is 11.9. The second-order valence-electron chi connectivity index (χ2n) is 4.67. The molecule has 0 heterocycles. The molecule has 1 rings (SSSR count). The highest BCUT2D eigenvalue weighted by molar-refractivity contribution is 6.42. The van der Waals surface area contributed by atoms with Crippen molar-refractivity contribution in [1.29, 1.82) is 0 Å². The van der Waals surface area contributed by atoms with E-state index >= 15 is 0 Å². The van der Waals surface area contributed by atoms with Gasteiger partial charge in [0.2, 0.25) is 0 Å². The van der Waals surface area contributed by atoms with E-state index in [0.717, 1.165) is 19.6 Å². The van der Waals surface area contributed by atoms with Gasteiger partial charge in [0.1, 0.15) is 0 Å². The third-order valence-electron chi connectivity index (χ3n) is 3.17. The molecule has 2 nitrogen and oxygen atoms in total. The lowest BCUT2D eigenvalue weighted by Gasteiger charge is -2.21. The molecule has 0 saturated carbocycles. The molecule has 2 atom stereocenters. The van der Waals surface area contributed by atoms with Crippen LogP contribution >= 0.6 is 23.2 Å². The lowest BCUT2D eigenvalue weighted by molar-refractivity contribution is 0.192. The summed E-state index contributed by atoms with van der Waals surface area (Å²) in [6.45, 7) is 6.04. The van der Waals surface area contributed by atoms with Crippen molar-refractivity contribution in [1.82, 2.24) is 5.32 Å². The number of benzene rings is 1. The van der Waals surface area contributed by atoms with Crippen LogP contribution in [0.2, 0.25) is 10.0 Å². The number of hydrogen-bond donors (Lipinski definition) is 1. The minimum Gasteiger partial charge on any atom is -0.383 e. The zero-order valence-electron chi connectivity index (χ0n) is 11.2. The van der Waals surface area contributed by atoms with Crippen molar-refractivity contribution in [2.24, 2.45) is 5.92 Å². The third kappa shape index (κ3) is 5.15. The van der Waals surface area contributed by atoms with Crippen molar-refractivity contribution in [2.75, 3.05) is 20.3 Å². The minimum absolute atomic E-state index is 0.439. The van der Waals surface area contributed by atoms with Gasteiger partial charge in [0.15, 0.2) is 0 Å². The molecule has 0 radical (unpaired) electrons. The molecule has 1 aromatic carbocycles. The third-order valence-corrected chi connectivity index (χ3v) is 3.91. The van der Waals surface area contributed by atoms with E-state index in [1.807, 2.05) is 18.2 Å². The van der Waals surface area contributed by atoms with Crippen LogP contribution in [0.25, 0.3) is 0 Å². The molecule has 18 heavy (non-hydrogen) atoms. The molecule has 1 N–H and O–H groups in total. The normalized spacial score (nSPS) is 14.5. The zero-order chi connectivity index (χ0) is 13.5. The van der Waals surface area contributed by atoms with Gasteiger partial charge in [0.25, 0.3) is 0 Å². The smallest absolute Gasteiger partial charge is 0.0595 e. The van der Waals surface area contributed by atoms with Crippen molar-refractivity contribution in [2.45, 2.75) is 26.3 Å². The largest absolute Gasteiger partial charge is 0.383 e. The van der Waals surface area contributed by atoms with Gasteiger partial charge in [-0.25, -0.2) is 0 Å². The molecule has 0 aliphatic carbocycles. The Morgan fingerprint density at radius 2 is 1.94 bits per heavy atom. The Bertz CT molecular complexity index is 371. The van der Waals surface area contributed by atoms with Crippen molar-refractivity contribution in [3.8, 4) is 0 Å². The van der Waals surface area contributed by atoms with Crippen LogP contribution in [0.5, 0.6) is 0 Å². The van der Waals surface area contributed by atoms with Crippen molar-refractivity contribution < 1.29 is 4.74 Å². The fraction of sp³-hybridized carbons (Fsp3) is 0.571. The predicted octanol–water partition coefficient (Wildman–Crippen LogP) is 3.80. The lowest BCUT2D eigenvalue weighted by atomic mass is 9.95. The highest BCUT2D eigenvalue weighted by Crippen LogP contribution is 2.24. The molecule has 0 amide bonds. The van der Waals surface area contributed by atoms with Crippen LogP contribution in [0.15, 0.2) is 18.2 Å². The monoisotopic (exact) mass is 289 g/mol. The van der Waals surface area contributed by atoms with Gasteiger partial charge in [-0.15, -0.1) is 0 Å². The Kier molecular flexibility index (Phi) is 7.02. The molecule has 102 valence electrons. The Labute approximate surface area is 120 Å². The Balaban J connectivity index is 2.47. The number of ether oxygens (including phenoxy) is 1. The lowest BCUT2D eigenvalue weighted by Crippen LogP contribution is -2.35. The SMILES string of the molecule is COCCNC(C)C(C)Cc1ccc(Cl)c(Cl)c1. The number of nitrogens with one attached hydrogen (secondary N) is 1. The zero-order valence-corrected chi connectivity index (χ0v) is 12.7. The van der Waals surface area contributed by atoms with Gasteiger partial charge >= 0.3 is 0 Å². The second-order valence-corrected chi connectivity index (χ2v) is 5.48. The average molecular weight is 290 g/mol. The summed E-state index contributed by atoms with van der Waals surface area (Å²) in [4.78, 5) is 0. The molecule has 4 heteroatoms. The first-order chi connectivity index (χ1) is 8.54. The molecule has 0 aromatic heterocycles. The van der Waals surface area contributed by atoms with Crippen molar-refractivity contribution >= 4 is 23.2 Å². The molecule has 2 unspecified atom stereocenters. The van der Waals surface area contributed by atoms with Crippen LogP contribution in [-0.2, 0) is 11.2 Å². The molecule has 0 bridgehead atoms. The van der Waals surface area contributed by atoms with E-state index in [-0.39, 0.29) is 0 Å². The Hall–Kier alpha value is -0.280. The second kappa shape index (κ2) is 8.00. The summed E-state index contributed by atoms with van der Waals surface area (Å²) < 4.78 is 5.02. The van der Waals surface area contributed by atoms with E-state index in [1.165, 1.54) is 5.56 Å². The van der Waals surface area contributed by atoms with Gasteiger partial charge in [0, 0.05) is 19.7 Å². The van der Waals surface area contributed by atoms with Gasteiger partial charge < -0.3 is 10.1 Å². The molecule has 1 aromatic rings. The fourth-order valence-corrected chi connectivity index (χ4v) is 2.13. The van der Waals surface area contributed by atoms with Crippen LogP contribution in [-0.4, -0.2) is 26.3 Å². The maximum absolute atomic E-state index is 6.02. The summed E-state index contributed by atoms with van der Waals surface area (Å²) in [5, 5.41) is 4.68. The minimum atomic E-state index is 0.439. The molecule has 0 spiro atoms. The van der Waals surface area contributed by atoms with Crippen LogP contribution < -0.4 is 5.32 Å². The first-order valence-corrected chi connectivity index (χ1v) is 6.96.